The van der Waals surface area contributed by atoms with E-state index in [4.69, 9.17) is 27.6 Å². The number of nitrogens with one attached hydrogen (secondary N) is 2. The van der Waals surface area contributed by atoms with E-state index in [1.165, 1.54) is 24.3 Å². The molecule has 0 radical (unpaired) electrons. The minimum absolute atomic E-state index is 0.0557. The molecule has 1 heterocycles. The van der Waals surface area contributed by atoms with Crippen molar-refractivity contribution in [2.75, 3.05) is 0 Å². The zero-order valence-electron chi connectivity index (χ0n) is 13.1. The van der Waals surface area contributed by atoms with Gasteiger partial charge in [-0.25, -0.2) is 4.39 Å². The molecule has 2 aromatic carbocycles. The maximum Gasteiger partial charge on any atom is 0.305 e. The number of carbonyl (C=O) groups is 2. The van der Waals surface area contributed by atoms with E-state index in [1.807, 2.05) is 0 Å². The molecule has 3 aromatic rings. The van der Waals surface area contributed by atoms with Crippen LogP contribution in [0.15, 0.2) is 59.0 Å². The third-order valence-electron chi connectivity index (χ3n) is 3.43. The molecule has 0 aliphatic rings. The Kier molecular flexibility index (Phi) is 5.25. The van der Waals surface area contributed by atoms with E-state index in [0.29, 0.717) is 21.4 Å². The van der Waals surface area contributed by atoms with E-state index >= 15 is 0 Å². The van der Waals surface area contributed by atoms with Crippen molar-refractivity contribution < 1.29 is 18.4 Å². The number of benzene rings is 2. The quantitative estimate of drug-likeness (QED) is 0.646. The van der Waals surface area contributed by atoms with Crippen molar-refractivity contribution in [3.63, 3.8) is 0 Å². The summed E-state index contributed by atoms with van der Waals surface area (Å²) < 4.78 is 19.0. The van der Waals surface area contributed by atoms with Gasteiger partial charge >= 0.3 is 5.91 Å². The lowest BCUT2D eigenvalue weighted by Gasteiger charge is -2.06. The lowest BCUT2D eigenvalue weighted by atomic mass is 10.2. The van der Waals surface area contributed by atoms with Gasteiger partial charge < -0.3 is 4.42 Å². The fourth-order valence-electron chi connectivity index (χ4n) is 2.18. The third-order valence-corrected chi connectivity index (χ3v) is 3.98. The molecule has 0 spiro atoms. The minimum atomic E-state index is -0.788. The molecule has 1 aromatic heterocycles. The first kappa shape index (κ1) is 18.0. The molecule has 0 saturated carbocycles. The molecule has 5 nitrogen and oxygen atoms in total. The molecule has 0 atom stereocenters. The summed E-state index contributed by atoms with van der Waals surface area (Å²) in [5.74, 6) is -1.89. The number of hydrogen-bond acceptors (Lipinski definition) is 3. The molecule has 0 unspecified atom stereocenters. The van der Waals surface area contributed by atoms with Crippen molar-refractivity contribution in [2.24, 2.45) is 0 Å². The number of hydrogen-bond donors (Lipinski definition) is 2. The number of carbonyl (C=O) groups excluding carboxylic acids is 2. The van der Waals surface area contributed by atoms with Crippen LogP contribution in [0.1, 0.15) is 20.9 Å². The molecule has 26 heavy (non-hydrogen) atoms. The molecule has 0 aliphatic carbocycles. The van der Waals surface area contributed by atoms with Crippen LogP contribution >= 0.6 is 23.2 Å². The Morgan fingerprint density at radius 3 is 2.38 bits per heavy atom. The van der Waals surface area contributed by atoms with E-state index in [1.54, 1.807) is 24.3 Å². The summed E-state index contributed by atoms with van der Waals surface area (Å²) in [5, 5.41) is 0.839. The summed E-state index contributed by atoms with van der Waals surface area (Å²) in [6.45, 7) is 0. The van der Waals surface area contributed by atoms with Crippen molar-refractivity contribution in [3.8, 4) is 11.3 Å². The highest BCUT2D eigenvalue weighted by Gasteiger charge is 2.16. The van der Waals surface area contributed by atoms with Gasteiger partial charge in [0, 0.05) is 10.6 Å². The zero-order chi connectivity index (χ0) is 18.7. The second kappa shape index (κ2) is 7.59. The van der Waals surface area contributed by atoms with Gasteiger partial charge in [0.2, 0.25) is 0 Å². The molecule has 0 bridgehead atoms. The fraction of sp³-hybridized carbons (Fsp3) is 0. The third kappa shape index (κ3) is 3.87. The number of hydrazine groups is 1. The van der Waals surface area contributed by atoms with Gasteiger partial charge in [0.1, 0.15) is 11.6 Å². The Morgan fingerprint density at radius 1 is 0.923 bits per heavy atom. The van der Waals surface area contributed by atoms with Crippen molar-refractivity contribution in [2.45, 2.75) is 0 Å². The molecular weight excluding hydrogens is 382 g/mol. The second-order valence-corrected chi connectivity index (χ2v) is 6.02. The summed E-state index contributed by atoms with van der Waals surface area (Å²) in [6.07, 6.45) is 0. The average Bonchev–Trinajstić information content (AvgIpc) is 3.09. The van der Waals surface area contributed by atoms with Crippen LogP contribution in [-0.2, 0) is 0 Å². The standard InChI is InChI=1S/C18H11Cl2FN2O3/c19-10-5-6-11(13(20)9-10)15-7-8-16(26-15)18(25)23-22-17(24)12-3-1-2-4-14(12)21/h1-9H,(H,22,24)(H,23,25). The van der Waals surface area contributed by atoms with Crippen LogP contribution < -0.4 is 10.9 Å². The van der Waals surface area contributed by atoms with E-state index in [2.05, 4.69) is 10.9 Å². The summed E-state index contributed by atoms with van der Waals surface area (Å²) in [5.41, 5.74) is 4.65. The second-order valence-electron chi connectivity index (χ2n) is 5.18. The topological polar surface area (TPSA) is 71.3 Å². The van der Waals surface area contributed by atoms with Gasteiger partial charge in [0.05, 0.1) is 10.6 Å². The smallest absolute Gasteiger partial charge is 0.305 e. The lowest BCUT2D eigenvalue weighted by molar-refractivity contribution is 0.0829. The molecule has 3 rings (SSSR count). The van der Waals surface area contributed by atoms with E-state index in [0.717, 1.165) is 6.07 Å². The number of halogens is 3. The first-order chi connectivity index (χ1) is 12.5. The number of amides is 2. The predicted molar refractivity (Wildman–Crippen MR) is 95.5 cm³/mol. The number of rotatable bonds is 3. The van der Waals surface area contributed by atoms with Crippen LogP contribution in [-0.4, -0.2) is 11.8 Å². The van der Waals surface area contributed by atoms with Crippen molar-refractivity contribution in [3.05, 3.63) is 81.8 Å². The van der Waals surface area contributed by atoms with Crippen LogP contribution in [0, 0.1) is 5.82 Å². The van der Waals surface area contributed by atoms with Crippen LogP contribution in [0.25, 0.3) is 11.3 Å². The average molecular weight is 393 g/mol. The molecule has 2 amide bonds. The Morgan fingerprint density at radius 2 is 1.65 bits per heavy atom. The van der Waals surface area contributed by atoms with Gasteiger partial charge in [-0.05, 0) is 42.5 Å². The van der Waals surface area contributed by atoms with Crippen LogP contribution in [0.5, 0.6) is 0 Å². The summed E-state index contributed by atoms with van der Waals surface area (Å²) in [6, 6.07) is 13.2. The van der Waals surface area contributed by atoms with Crippen LogP contribution in [0.2, 0.25) is 10.0 Å². The SMILES string of the molecule is O=C(NNC(=O)c1ccccc1F)c1ccc(-c2ccc(Cl)cc2Cl)o1. The lowest BCUT2D eigenvalue weighted by Crippen LogP contribution is -2.41. The van der Waals surface area contributed by atoms with Crippen LogP contribution in [0.4, 0.5) is 4.39 Å². The van der Waals surface area contributed by atoms with Crippen molar-refractivity contribution in [1.29, 1.82) is 0 Å². The number of furan rings is 1. The van der Waals surface area contributed by atoms with Crippen molar-refractivity contribution >= 4 is 35.0 Å². The van der Waals surface area contributed by atoms with Gasteiger partial charge in [-0.15, -0.1) is 0 Å². The molecule has 8 heteroatoms. The van der Waals surface area contributed by atoms with Gasteiger partial charge in [-0.2, -0.15) is 0 Å². The highest BCUT2D eigenvalue weighted by Crippen LogP contribution is 2.31. The fourth-order valence-corrected chi connectivity index (χ4v) is 2.68. The van der Waals surface area contributed by atoms with E-state index in [9.17, 15) is 14.0 Å². The van der Waals surface area contributed by atoms with Crippen LogP contribution in [0.3, 0.4) is 0 Å². The first-order valence-electron chi connectivity index (χ1n) is 7.36. The summed E-state index contributed by atoms with van der Waals surface area (Å²) in [4.78, 5) is 24.0. The van der Waals surface area contributed by atoms with Gasteiger partial charge in [0.15, 0.2) is 5.76 Å². The van der Waals surface area contributed by atoms with Gasteiger partial charge in [0.25, 0.3) is 5.91 Å². The molecule has 2 N–H and O–H groups in total. The molecule has 0 saturated heterocycles. The maximum atomic E-state index is 13.5. The van der Waals surface area contributed by atoms with Crippen molar-refractivity contribution in [1.82, 2.24) is 10.9 Å². The first-order valence-corrected chi connectivity index (χ1v) is 8.12. The molecule has 0 fully saturated rings. The monoisotopic (exact) mass is 392 g/mol. The Balaban J connectivity index is 1.69. The maximum absolute atomic E-state index is 13.5. The normalized spacial score (nSPS) is 10.4. The van der Waals surface area contributed by atoms with Gasteiger partial charge in [-0.1, -0.05) is 35.3 Å². The Bertz CT molecular complexity index is 988. The zero-order valence-corrected chi connectivity index (χ0v) is 14.6. The Labute approximate surface area is 157 Å². The highest BCUT2D eigenvalue weighted by atomic mass is 35.5. The molecule has 132 valence electrons. The highest BCUT2D eigenvalue weighted by molar-refractivity contribution is 6.36. The Hall–Kier alpha value is -2.83. The largest absolute Gasteiger partial charge is 0.451 e. The summed E-state index contributed by atoms with van der Waals surface area (Å²) >= 11 is 11.9. The summed E-state index contributed by atoms with van der Waals surface area (Å²) in [7, 11) is 0. The van der Waals surface area contributed by atoms with E-state index in [-0.39, 0.29) is 11.3 Å². The minimum Gasteiger partial charge on any atom is -0.451 e. The predicted octanol–water partition coefficient (Wildman–Crippen LogP) is 4.47. The molecular formula is C18H11Cl2FN2O3. The van der Waals surface area contributed by atoms with Gasteiger partial charge in [-0.3, -0.25) is 20.4 Å². The van der Waals surface area contributed by atoms with E-state index < -0.39 is 17.6 Å². The molecule has 0 aliphatic heterocycles.